The summed E-state index contributed by atoms with van der Waals surface area (Å²) >= 11 is 0. The second kappa shape index (κ2) is 8.69. The van der Waals surface area contributed by atoms with Gasteiger partial charge in [0.25, 0.3) is 5.52 Å². The molecule has 0 spiro atoms. The largest absolute Gasteiger partial charge is 0.501 e. The molecule has 0 saturated carbocycles. The van der Waals surface area contributed by atoms with E-state index in [1.807, 2.05) is 32.9 Å². The van der Waals surface area contributed by atoms with E-state index in [1.54, 1.807) is 6.26 Å². The summed E-state index contributed by atoms with van der Waals surface area (Å²) in [5.41, 5.74) is 5.54. The van der Waals surface area contributed by atoms with Crippen molar-refractivity contribution in [1.29, 1.82) is 0 Å². The molecule has 0 N–H and O–H groups in total. The number of nitrogens with zero attached hydrogens (tertiary/aromatic N) is 1. The Morgan fingerprint density at radius 1 is 1.17 bits per heavy atom. The van der Waals surface area contributed by atoms with Crippen molar-refractivity contribution < 1.29 is 18.5 Å². The van der Waals surface area contributed by atoms with E-state index in [0.29, 0.717) is 13.2 Å². The fourth-order valence-corrected chi connectivity index (χ4v) is 2.47. The minimum Gasteiger partial charge on any atom is -0.501 e. The van der Waals surface area contributed by atoms with Gasteiger partial charge in [0.15, 0.2) is 6.54 Å². The van der Waals surface area contributed by atoms with E-state index in [0.717, 1.165) is 35.7 Å². The number of benzene rings is 1. The molecule has 0 saturated heterocycles. The Balaban J connectivity index is 2.39. The van der Waals surface area contributed by atoms with Gasteiger partial charge >= 0.3 is 5.89 Å². The van der Waals surface area contributed by atoms with Gasteiger partial charge in [-0.3, -0.25) is 0 Å². The summed E-state index contributed by atoms with van der Waals surface area (Å²) in [6.07, 6.45) is 5.75. The van der Waals surface area contributed by atoms with Crippen LogP contribution in [0.2, 0.25) is 0 Å². The average molecular weight is 330 g/mol. The highest BCUT2D eigenvalue weighted by atomic mass is 16.5. The van der Waals surface area contributed by atoms with Crippen LogP contribution in [0.5, 0.6) is 0 Å². The van der Waals surface area contributed by atoms with Crippen molar-refractivity contribution in [3.63, 3.8) is 0 Å². The monoisotopic (exact) mass is 330 g/mol. The fraction of sp³-hybridized carbons (Fsp3) is 0.450. The maximum Gasteiger partial charge on any atom is 0.374 e. The summed E-state index contributed by atoms with van der Waals surface area (Å²) in [5.74, 6) is 0.818. The van der Waals surface area contributed by atoms with E-state index < -0.39 is 0 Å². The molecule has 0 amide bonds. The molecule has 130 valence electrons. The van der Waals surface area contributed by atoms with Gasteiger partial charge in [-0.25, -0.2) is 0 Å². The van der Waals surface area contributed by atoms with E-state index in [4.69, 9.17) is 13.9 Å². The number of rotatable bonds is 8. The molecule has 1 aromatic carbocycles. The van der Waals surface area contributed by atoms with Gasteiger partial charge in [0, 0.05) is 12.7 Å². The minimum absolute atomic E-state index is 0.664. The van der Waals surface area contributed by atoms with Gasteiger partial charge in [-0.2, -0.15) is 4.57 Å². The summed E-state index contributed by atoms with van der Waals surface area (Å²) < 4.78 is 19.1. The molecule has 0 aliphatic heterocycles. The van der Waals surface area contributed by atoms with Gasteiger partial charge in [-0.15, -0.1) is 0 Å². The normalized spacial score (nSPS) is 12.5. The highest BCUT2D eigenvalue weighted by Crippen LogP contribution is 2.20. The van der Waals surface area contributed by atoms with Crippen LogP contribution in [0.15, 0.2) is 34.5 Å². The molecule has 0 aliphatic rings. The fourth-order valence-electron chi connectivity index (χ4n) is 2.47. The van der Waals surface area contributed by atoms with Gasteiger partial charge in [-0.05, 0) is 63.5 Å². The van der Waals surface area contributed by atoms with Crippen LogP contribution in [-0.2, 0) is 16.0 Å². The average Bonchev–Trinajstić information content (AvgIpc) is 2.88. The van der Waals surface area contributed by atoms with Crippen LogP contribution in [-0.4, -0.2) is 19.8 Å². The maximum atomic E-state index is 6.07. The Morgan fingerprint density at radius 2 is 1.92 bits per heavy atom. The smallest absolute Gasteiger partial charge is 0.374 e. The topological polar surface area (TPSA) is 35.5 Å². The van der Waals surface area contributed by atoms with Gasteiger partial charge in [0.05, 0.1) is 18.9 Å². The zero-order valence-corrected chi connectivity index (χ0v) is 15.4. The summed E-state index contributed by atoms with van der Waals surface area (Å²) in [7, 11) is 0. The molecule has 0 radical (unpaired) electrons. The lowest BCUT2D eigenvalue weighted by atomic mass is 10.1. The Labute approximate surface area is 144 Å². The highest BCUT2D eigenvalue weighted by molar-refractivity contribution is 5.72. The molecular weight excluding hydrogens is 302 g/mol. The number of hydrogen-bond donors (Lipinski definition) is 0. The van der Waals surface area contributed by atoms with Crippen molar-refractivity contribution in [2.75, 3.05) is 19.8 Å². The van der Waals surface area contributed by atoms with Crippen molar-refractivity contribution in [3.8, 4) is 0 Å². The van der Waals surface area contributed by atoms with Crippen LogP contribution >= 0.6 is 0 Å². The number of aromatic nitrogens is 1. The molecule has 0 aliphatic carbocycles. The van der Waals surface area contributed by atoms with E-state index in [2.05, 4.69) is 30.5 Å². The molecule has 1 aromatic heterocycles. The predicted molar refractivity (Wildman–Crippen MR) is 96.8 cm³/mol. The molecule has 2 rings (SSSR count). The lowest BCUT2D eigenvalue weighted by Gasteiger charge is -1.99. The van der Waals surface area contributed by atoms with E-state index in [-0.39, 0.29) is 0 Å². The van der Waals surface area contributed by atoms with Crippen molar-refractivity contribution in [2.45, 2.75) is 41.2 Å². The van der Waals surface area contributed by atoms with Gasteiger partial charge in [0.1, 0.15) is 6.61 Å². The van der Waals surface area contributed by atoms with Crippen molar-refractivity contribution in [3.05, 3.63) is 47.1 Å². The zero-order chi connectivity index (χ0) is 17.5. The summed E-state index contributed by atoms with van der Waals surface area (Å²) in [4.78, 5) is 0. The van der Waals surface area contributed by atoms with Crippen molar-refractivity contribution >= 4 is 17.2 Å². The number of aryl methyl sites for hydroxylation is 2. The lowest BCUT2D eigenvalue weighted by Crippen LogP contribution is -2.37. The van der Waals surface area contributed by atoms with Crippen LogP contribution in [0.25, 0.3) is 17.2 Å². The van der Waals surface area contributed by atoms with Gasteiger partial charge in [-0.1, -0.05) is 0 Å². The number of fused-ring (bicyclic) bond motifs is 1. The van der Waals surface area contributed by atoms with Crippen molar-refractivity contribution in [2.24, 2.45) is 0 Å². The Bertz CT molecular complexity index is 741. The first-order valence-electron chi connectivity index (χ1n) is 8.54. The molecule has 0 bridgehead atoms. The van der Waals surface area contributed by atoms with Crippen LogP contribution in [0.3, 0.4) is 0 Å². The number of oxazole rings is 1. The molecule has 2 aromatic rings. The van der Waals surface area contributed by atoms with Crippen LogP contribution in [0.1, 0.15) is 37.8 Å². The quantitative estimate of drug-likeness (QED) is 0.313. The molecule has 0 atom stereocenters. The van der Waals surface area contributed by atoms with E-state index in [1.165, 1.54) is 11.1 Å². The Hall–Kier alpha value is -2.07. The number of ether oxygens (including phenoxy) is 2. The van der Waals surface area contributed by atoms with Crippen molar-refractivity contribution in [1.82, 2.24) is 0 Å². The molecular formula is C20H28NO3+. The SMILES string of the molecule is CCOC=C(C)C=Cc1oc2cc(C)c(C)cc2[n+]1CCOCC. The summed E-state index contributed by atoms with van der Waals surface area (Å²) in [6.45, 7) is 13.0. The summed E-state index contributed by atoms with van der Waals surface area (Å²) in [6, 6.07) is 4.28. The van der Waals surface area contributed by atoms with Crippen LogP contribution < -0.4 is 4.57 Å². The predicted octanol–water partition coefficient (Wildman–Crippen LogP) is 4.33. The molecule has 24 heavy (non-hydrogen) atoms. The second-order valence-electron chi connectivity index (χ2n) is 5.84. The molecule has 1 heterocycles. The van der Waals surface area contributed by atoms with E-state index >= 15 is 0 Å². The second-order valence-corrected chi connectivity index (χ2v) is 5.84. The highest BCUT2D eigenvalue weighted by Gasteiger charge is 2.21. The lowest BCUT2D eigenvalue weighted by molar-refractivity contribution is -0.679. The maximum absolute atomic E-state index is 6.07. The Kier molecular flexibility index (Phi) is 6.62. The molecule has 4 heteroatoms. The minimum atomic E-state index is 0.664. The van der Waals surface area contributed by atoms with Gasteiger partial charge in [0.2, 0.25) is 5.58 Å². The Morgan fingerprint density at radius 3 is 2.62 bits per heavy atom. The van der Waals surface area contributed by atoms with Crippen LogP contribution in [0, 0.1) is 13.8 Å². The first kappa shape index (κ1) is 18.3. The molecule has 4 nitrogen and oxygen atoms in total. The number of hydrogen-bond acceptors (Lipinski definition) is 3. The van der Waals surface area contributed by atoms with E-state index in [9.17, 15) is 0 Å². The third-order valence-corrected chi connectivity index (χ3v) is 3.93. The molecule has 0 fully saturated rings. The third-order valence-electron chi connectivity index (χ3n) is 3.93. The first-order chi connectivity index (χ1) is 11.6. The van der Waals surface area contributed by atoms with Gasteiger partial charge < -0.3 is 13.9 Å². The number of allylic oxidation sites excluding steroid dienone is 2. The first-order valence-corrected chi connectivity index (χ1v) is 8.54. The molecule has 0 unspecified atom stereocenters. The standard InChI is InChI=1S/C20H28NO3/c1-6-22-11-10-21-18-12-16(4)17(5)13-19(18)24-20(21)9-8-15(3)14-23-7-2/h8-9,12-14H,6-7,10-11H2,1-5H3/q+1. The van der Waals surface area contributed by atoms with Crippen LogP contribution in [0.4, 0.5) is 0 Å². The summed E-state index contributed by atoms with van der Waals surface area (Å²) in [5, 5.41) is 0. The zero-order valence-electron chi connectivity index (χ0n) is 15.4. The third kappa shape index (κ3) is 4.48.